The molecule has 0 aromatic heterocycles. The summed E-state index contributed by atoms with van der Waals surface area (Å²) in [7, 11) is 0. The summed E-state index contributed by atoms with van der Waals surface area (Å²) in [6.07, 6.45) is 2.97. The molecule has 5 heteroatoms. The lowest BCUT2D eigenvalue weighted by Crippen LogP contribution is -2.01. The Morgan fingerprint density at radius 1 is 1.35 bits per heavy atom. The number of ether oxygens (including phenoxy) is 1. The van der Waals surface area contributed by atoms with Gasteiger partial charge in [0, 0.05) is 6.07 Å². The maximum absolute atomic E-state index is 10.8. The Hall–Kier alpha value is -1.23. The zero-order valence-electron chi connectivity index (χ0n) is 9.89. The number of rotatable bonds is 7. The molecule has 0 aliphatic rings. The summed E-state index contributed by atoms with van der Waals surface area (Å²) in [5.74, 6) is 1.23. The molecule has 17 heavy (non-hydrogen) atoms. The Labute approximate surface area is 107 Å². The average Bonchev–Trinajstić information content (AvgIpc) is 2.28. The number of benzene rings is 1. The van der Waals surface area contributed by atoms with E-state index >= 15 is 0 Å². The van der Waals surface area contributed by atoms with Gasteiger partial charge < -0.3 is 4.74 Å². The fourth-order valence-corrected chi connectivity index (χ4v) is 1.68. The maximum atomic E-state index is 10.8. The van der Waals surface area contributed by atoms with Crippen molar-refractivity contribution in [2.24, 2.45) is 0 Å². The number of nitro groups is 1. The smallest absolute Gasteiger partial charge is 0.310 e. The van der Waals surface area contributed by atoms with Gasteiger partial charge in [-0.2, -0.15) is 12.6 Å². The van der Waals surface area contributed by atoms with Crippen LogP contribution in [0.3, 0.4) is 0 Å². The first-order valence-corrected chi connectivity index (χ1v) is 6.27. The normalized spacial score (nSPS) is 10.2. The molecule has 0 saturated heterocycles. The number of aryl methyl sites for hydroxylation is 1. The molecule has 94 valence electrons. The topological polar surface area (TPSA) is 52.4 Å². The van der Waals surface area contributed by atoms with Crippen molar-refractivity contribution in [1.82, 2.24) is 0 Å². The Kier molecular flexibility index (Phi) is 5.83. The van der Waals surface area contributed by atoms with Crippen molar-refractivity contribution in [3.63, 3.8) is 0 Å². The summed E-state index contributed by atoms with van der Waals surface area (Å²) in [5, 5.41) is 10.8. The van der Waals surface area contributed by atoms with Gasteiger partial charge in [-0.05, 0) is 43.6 Å². The van der Waals surface area contributed by atoms with Crippen LogP contribution in [-0.4, -0.2) is 17.3 Å². The van der Waals surface area contributed by atoms with Crippen molar-refractivity contribution in [1.29, 1.82) is 0 Å². The first-order valence-electron chi connectivity index (χ1n) is 5.64. The lowest BCUT2D eigenvalue weighted by Gasteiger charge is -2.07. The van der Waals surface area contributed by atoms with Crippen molar-refractivity contribution < 1.29 is 9.66 Å². The molecule has 0 heterocycles. The Balaban J connectivity index is 2.56. The molecule has 0 N–H and O–H groups in total. The van der Waals surface area contributed by atoms with E-state index in [1.807, 2.05) is 6.92 Å². The van der Waals surface area contributed by atoms with Crippen molar-refractivity contribution in [2.75, 3.05) is 12.4 Å². The van der Waals surface area contributed by atoms with E-state index < -0.39 is 4.92 Å². The zero-order valence-corrected chi connectivity index (χ0v) is 10.8. The van der Waals surface area contributed by atoms with Crippen LogP contribution in [0.5, 0.6) is 5.75 Å². The van der Waals surface area contributed by atoms with Gasteiger partial charge in [-0.15, -0.1) is 0 Å². The third-order valence-corrected chi connectivity index (χ3v) is 2.69. The van der Waals surface area contributed by atoms with Crippen molar-refractivity contribution in [2.45, 2.75) is 26.2 Å². The Morgan fingerprint density at radius 3 is 2.76 bits per heavy atom. The number of unbranched alkanes of at least 4 members (excludes halogenated alkanes) is 2. The van der Waals surface area contributed by atoms with E-state index in [-0.39, 0.29) is 5.69 Å². The second-order valence-electron chi connectivity index (χ2n) is 3.86. The highest BCUT2D eigenvalue weighted by Gasteiger charge is 2.14. The number of hydrogen-bond donors (Lipinski definition) is 1. The fourth-order valence-electron chi connectivity index (χ4n) is 1.46. The maximum Gasteiger partial charge on any atom is 0.310 e. The third kappa shape index (κ3) is 4.65. The van der Waals surface area contributed by atoms with Gasteiger partial charge in [0.1, 0.15) is 0 Å². The van der Waals surface area contributed by atoms with E-state index in [1.165, 1.54) is 6.07 Å². The molecule has 0 atom stereocenters. The molecule has 0 bridgehead atoms. The molecule has 0 fully saturated rings. The van der Waals surface area contributed by atoms with Gasteiger partial charge in [-0.25, -0.2) is 0 Å². The molecule has 0 aliphatic heterocycles. The standard InChI is InChI=1S/C12H17NO3S/c1-10-5-6-11(13(14)15)12(9-10)16-7-3-2-4-8-17/h5-6,9,17H,2-4,7-8H2,1H3. The monoisotopic (exact) mass is 255 g/mol. The van der Waals surface area contributed by atoms with E-state index in [0.717, 1.165) is 30.6 Å². The van der Waals surface area contributed by atoms with Crippen molar-refractivity contribution in [3.8, 4) is 5.75 Å². The molecular weight excluding hydrogens is 238 g/mol. The van der Waals surface area contributed by atoms with Crippen LogP contribution in [-0.2, 0) is 0 Å². The predicted octanol–water partition coefficient (Wildman–Crippen LogP) is 3.38. The zero-order chi connectivity index (χ0) is 12.7. The molecule has 1 aromatic carbocycles. The molecule has 0 unspecified atom stereocenters. The summed E-state index contributed by atoms with van der Waals surface area (Å²) >= 11 is 4.12. The average molecular weight is 255 g/mol. The predicted molar refractivity (Wildman–Crippen MR) is 71.0 cm³/mol. The van der Waals surface area contributed by atoms with Crippen LogP contribution in [0.4, 0.5) is 5.69 Å². The number of thiol groups is 1. The highest BCUT2D eigenvalue weighted by Crippen LogP contribution is 2.27. The summed E-state index contributed by atoms with van der Waals surface area (Å²) in [6.45, 7) is 2.40. The molecule has 1 aromatic rings. The first-order chi connectivity index (χ1) is 8.15. The minimum atomic E-state index is -0.414. The quantitative estimate of drug-likeness (QED) is 0.352. The first kappa shape index (κ1) is 13.8. The second-order valence-corrected chi connectivity index (χ2v) is 4.31. The van der Waals surface area contributed by atoms with E-state index in [9.17, 15) is 10.1 Å². The molecule has 0 spiro atoms. The van der Waals surface area contributed by atoms with Crippen LogP contribution in [0.25, 0.3) is 0 Å². The summed E-state index contributed by atoms with van der Waals surface area (Å²) in [5.41, 5.74) is 0.991. The molecule has 0 saturated carbocycles. The summed E-state index contributed by atoms with van der Waals surface area (Å²) in [6, 6.07) is 4.90. The molecule has 4 nitrogen and oxygen atoms in total. The van der Waals surface area contributed by atoms with Gasteiger partial charge >= 0.3 is 5.69 Å². The molecule has 0 amide bonds. The minimum Gasteiger partial charge on any atom is -0.487 e. The van der Waals surface area contributed by atoms with Crippen LogP contribution in [0.2, 0.25) is 0 Å². The third-order valence-electron chi connectivity index (χ3n) is 2.37. The molecule has 1 rings (SSSR count). The van der Waals surface area contributed by atoms with Crippen LogP contribution in [0.15, 0.2) is 18.2 Å². The molecular formula is C12H17NO3S. The second kappa shape index (κ2) is 7.17. The van der Waals surface area contributed by atoms with E-state index in [1.54, 1.807) is 12.1 Å². The fraction of sp³-hybridized carbons (Fsp3) is 0.500. The van der Waals surface area contributed by atoms with E-state index in [4.69, 9.17) is 4.74 Å². The number of nitro benzene ring substituents is 1. The molecule has 0 radical (unpaired) electrons. The highest BCUT2D eigenvalue weighted by atomic mass is 32.1. The largest absolute Gasteiger partial charge is 0.487 e. The summed E-state index contributed by atoms with van der Waals surface area (Å²) in [4.78, 5) is 10.4. The van der Waals surface area contributed by atoms with Gasteiger partial charge in [-0.1, -0.05) is 6.07 Å². The van der Waals surface area contributed by atoms with Crippen LogP contribution in [0, 0.1) is 17.0 Å². The van der Waals surface area contributed by atoms with E-state index in [0.29, 0.717) is 12.4 Å². The van der Waals surface area contributed by atoms with Crippen LogP contribution in [0.1, 0.15) is 24.8 Å². The summed E-state index contributed by atoms with van der Waals surface area (Å²) < 4.78 is 5.46. The van der Waals surface area contributed by atoms with Gasteiger partial charge in [-0.3, -0.25) is 10.1 Å². The van der Waals surface area contributed by atoms with Crippen molar-refractivity contribution >= 4 is 18.3 Å². The van der Waals surface area contributed by atoms with E-state index in [2.05, 4.69) is 12.6 Å². The highest BCUT2D eigenvalue weighted by molar-refractivity contribution is 7.80. The lowest BCUT2D eigenvalue weighted by molar-refractivity contribution is -0.385. The van der Waals surface area contributed by atoms with Gasteiger partial charge in [0.05, 0.1) is 11.5 Å². The van der Waals surface area contributed by atoms with Gasteiger partial charge in [0.25, 0.3) is 0 Å². The Bertz CT molecular complexity index is 382. The van der Waals surface area contributed by atoms with Crippen LogP contribution < -0.4 is 4.74 Å². The Morgan fingerprint density at radius 2 is 2.12 bits per heavy atom. The van der Waals surface area contributed by atoms with Gasteiger partial charge in [0.2, 0.25) is 0 Å². The SMILES string of the molecule is Cc1ccc([N+](=O)[O-])c(OCCCCCS)c1. The van der Waals surface area contributed by atoms with Crippen molar-refractivity contribution in [3.05, 3.63) is 33.9 Å². The lowest BCUT2D eigenvalue weighted by atomic mass is 10.2. The minimum absolute atomic E-state index is 0.0322. The van der Waals surface area contributed by atoms with Crippen LogP contribution >= 0.6 is 12.6 Å². The molecule has 0 aliphatic carbocycles. The number of nitrogens with zero attached hydrogens (tertiary/aromatic N) is 1. The number of hydrogen-bond acceptors (Lipinski definition) is 4. The van der Waals surface area contributed by atoms with Gasteiger partial charge in [0.15, 0.2) is 5.75 Å².